The first-order valence-corrected chi connectivity index (χ1v) is 6.33. The van der Waals surface area contributed by atoms with Crippen LogP contribution >= 0.6 is 0 Å². The van der Waals surface area contributed by atoms with E-state index in [0.717, 1.165) is 29.5 Å². The second-order valence-electron chi connectivity index (χ2n) is 5.27. The Morgan fingerprint density at radius 3 is 2.59 bits per heavy atom. The first-order valence-electron chi connectivity index (χ1n) is 6.33. The molecule has 2 heteroatoms. The fourth-order valence-electron chi connectivity index (χ4n) is 2.57. The first kappa shape index (κ1) is 12.3. The molecule has 1 fully saturated rings. The minimum atomic E-state index is -1.05. The van der Waals surface area contributed by atoms with Gasteiger partial charge in [-0.3, -0.25) is 4.79 Å². The minimum Gasteiger partial charge on any atom is -0.382 e. The molecule has 0 unspecified atom stereocenters. The van der Waals surface area contributed by atoms with Crippen LogP contribution in [0.4, 0.5) is 0 Å². The summed E-state index contributed by atoms with van der Waals surface area (Å²) in [4.78, 5) is 12.2. The molecule has 0 amide bonds. The molecule has 0 aliphatic heterocycles. The van der Waals surface area contributed by atoms with Gasteiger partial charge in [0.1, 0.15) is 5.60 Å². The van der Waals surface area contributed by atoms with Crippen molar-refractivity contribution in [1.29, 1.82) is 0 Å². The van der Waals surface area contributed by atoms with Crippen molar-refractivity contribution in [2.75, 3.05) is 0 Å². The molecule has 1 aromatic rings. The number of hydrogen-bond acceptors (Lipinski definition) is 2. The monoisotopic (exact) mass is 232 g/mol. The third kappa shape index (κ3) is 2.58. The lowest BCUT2D eigenvalue weighted by atomic mass is 9.90. The number of benzene rings is 1. The number of hydrogen-bond donors (Lipinski definition) is 1. The molecular formula is C15H20O2. The van der Waals surface area contributed by atoms with E-state index < -0.39 is 5.60 Å². The van der Waals surface area contributed by atoms with Gasteiger partial charge in [-0.1, -0.05) is 23.8 Å². The molecule has 2 nitrogen and oxygen atoms in total. The fraction of sp³-hybridized carbons (Fsp3) is 0.533. The van der Waals surface area contributed by atoms with Gasteiger partial charge in [-0.25, -0.2) is 0 Å². The number of aryl methyl sites for hydroxylation is 2. The van der Waals surface area contributed by atoms with E-state index in [2.05, 4.69) is 0 Å². The zero-order valence-electron chi connectivity index (χ0n) is 10.6. The highest BCUT2D eigenvalue weighted by Crippen LogP contribution is 2.31. The number of rotatable bonds is 3. The molecule has 1 aliphatic rings. The summed E-state index contributed by atoms with van der Waals surface area (Å²) >= 11 is 0. The Bertz CT molecular complexity index is 429. The van der Waals surface area contributed by atoms with Gasteiger partial charge in [-0.15, -0.1) is 0 Å². The zero-order valence-corrected chi connectivity index (χ0v) is 10.6. The molecule has 1 aromatic carbocycles. The van der Waals surface area contributed by atoms with Crippen LogP contribution in [0.1, 0.15) is 42.4 Å². The zero-order chi connectivity index (χ0) is 12.5. The van der Waals surface area contributed by atoms with Gasteiger partial charge in [0.15, 0.2) is 5.78 Å². The molecular weight excluding hydrogens is 212 g/mol. The van der Waals surface area contributed by atoms with Crippen LogP contribution in [0.3, 0.4) is 0 Å². The molecule has 17 heavy (non-hydrogen) atoms. The van der Waals surface area contributed by atoms with E-state index in [0.29, 0.717) is 19.3 Å². The van der Waals surface area contributed by atoms with Crippen molar-refractivity contribution in [1.82, 2.24) is 0 Å². The van der Waals surface area contributed by atoms with Crippen LogP contribution < -0.4 is 0 Å². The summed E-state index contributed by atoms with van der Waals surface area (Å²) in [5, 5.41) is 10.2. The normalized spacial score (nSPS) is 18.3. The molecule has 1 saturated carbocycles. The van der Waals surface area contributed by atoms with E-state index >= 15 is 0 Å². The lowest BCUT2D eigenvalue weighted by Gasteiger charge is -2.20. The van der Waals surface area contributed by atoms with Crippen molar-refractivity contribution >= 4 is 5.78 Å². The number of aliphatic hydroxyl groups is 1. The molecule has 0 aromatic heterocycles. The summed E-state index contributed by atoms with van der Waals surface area (Å²) in [5.74, 6) is -0.0105. The topological polar surface area (TPSA) is 37.3 Å². The molecule has 1 aliphatic carbocycles. The molecule has 0 atom stereocenters. The summed E-state index contributed by atoms with van der Waals surface area (Å²) < 4.78 is 0. The van der Waals surface area contributed by atoms with Gasteiger partial charge in [0.05, 0.1) is 0 Å². The van der Waals surface area contributed by atoms with E-state index in [1.165, 1.54) is 0 Å². The van der Waals surface area contributed by atoms with Crippen LogP contribution in [0.2, 0.25) is 0 Å². The van der Waals surface area contributed by atoms with Crippen molar-refractivity contribution in [2.45, 2.75) is 51.6 Å². The molecule has 2 rings (SSSR count). The first-order chi connectivity index (χ1) is 8.01. The number of carbonyl (C=O) groups excluding carboxylic acids is 1. The molecule has 0 saturated heterocycles. The van der Waals surface area contributed by atoms with Crippen LogP contribution in [0.5, 0.6) is 0 Å². The highest BCUT2D eigenvalue weighted by atomic mass is 16.3. The maximum absolute atomic E-state index is 12.2. The van der Waals surface area contributed by atoms with Crippen LogP contribution in [0, 0.1) is 13.8 Å². The average Bonchev–Trinajstić information content (AvgIpc) is 2.72. The van der Waals surface area contributed by atoms with Gasteiger partial charge in [-0.05, 0) is 50.7 Å². The second kappa shape index (κ2) is 4.61. The Hall–Kier alpha value is -1.15. The number of carbonyl (C=O) groups is 1. The lowest BCUT2D eigenvalue weighted by Crippen LogP contribution is -2.36. The van der Waals surface area contributed by atoms with Gasteiger partial charge in [0, 0.05) is 6.42 Å². The van der Waals surface area contributed by atoms with Gasteiger partial charge in [-0.2, -0.15) is 0 Å². The quantitative estimate of drug-likeness (QED) is 0.870. The second-order valence-corrected chi connectivity index (χ2v) is 5.27. The Morgan fingerprint density at radius 2 is 1.94 bits per heavy atom. The van der Waals surface area contributed by atoms with E-state index in [1.54, 1.807) is 0 Å². The highest BCUT2D eigenvalue weighted by molar-refractivity contribution is 5.89. The Kier molecular flexibility index (Phi) is 3.34. The largest absolute Gasteiger partial charge is 0.382 e. The van der Waals surface area contributed by atoms with E-state index in [4.69, 9.17) is 0 Å². The summed E-state index contributed by atoms with van der Waals surface area (Å²) in [7, 11) is 0. The molecule has 1 N–H and O–H groups in total. The number of ketones is 1. The van der Waals surface area contributed by atoms with Crippen LogP contribution in [-0.4, -0.2) is 16.5 Å². The molecule has 0 heterocycles. The SMILES string of the molecule is Cc1ccc(C)c(CC(=O)C2(O)CCCC2)c1. The Labute approximate surface area is 103 Å². The molecule has 0 spiro atoms. The summed E-state index contributed by atoms with van der Waals surface area (Å²) in [6.07, 6.45) is 3.57. The van der Waals surface area contributed by atoms with Gasteiger partial charge >= 0.3 is 0 Å². The maximum atomic E-state index is 12.2. The van der Waals surface area contributed by atoms with Gasteiger partial charge in [0.2, 0.25) is 0 Å². The van der Waals surface area contributed by atoms with Crippen molar-refractivity contribution in [3.8, 4) is 0 Å². The van der Waals surface area contributed by atoms with Gasteiger partial charge in [0.25, 0.3) is 0 Å². The van der Waals surface area contributed by atoms with Crippen LogP contribution in [0.15, 0.2) is 18.2 Å². The predicted octanol–water partition coefficient (Wildman–Crippen LogP) is 2.72. The molecule has 0 bridgehead atoms. The minimum absolute atomic E-state index is 0.0105. The van der Waals surface area contributed by atoms with Crippen molar-refractivity contribution in [2.24, 2.45) is 0 Å². The van der Waals surface area contributed by atoms with E-state index in [1.807, 2.05) is 32.0 Å². The van der Waals surface area contributed by atoms with Crippen molar-refractivity contribution in [3.63, 3.8) is 0 Å². The molecule has 0 radical (unpaired) electrons. The smallest absolute Gasteiger partial charge is 0.168 e. The van der Waals surface area contributed by atoms with Crippen LogP contribution in [0.25, 0.3) is 0 Å². The third-order valence-corrected chi connectivity index (χ3v) is 3.81. The predicted molar refractivity (Wildman–Crippen MR) is 68.0 cm³/mol. The van der Waals surface area contributed by atoms with Crippen molar-refractivity contribution < 1.29 is 9.90 Å². The average molecular weight is 232 g/mol. The summed E-state index contributed by atoms with van der Waals surface area (Å²) in [6.45, 7) is 4.04. The Morgan fingerprint density at radius 1 is 1.29 bits per heavy atom. The molecule has 92 valence electrons. The fourth-order valence-corrected chi connectivity index (χ4v) is 2.57. The number of Topliss-reactive ketones (excluding diaryl/α,β-unsaturated/α-hetero) is 1. The van der Waals surface area contributed by atoms with Crippen LogP contribution in [-0.2, 0) is 11.2 Å². The van der Waals surface area contributed by atoms with Crippen molar-refractivity contribution in [3.05, 3.63) is 34.9 Å². The maximum Gasteiger partial charge on any atom is 0.168 e. The third-order valence-electron chi connectivity index (χ3n) is 3.81. The highest BCUT2D eigenvalue weighted by Gasteiger charge is 2.38. The summed E-state index contributed by atoms with van der Waals surface area (Å²) in [5.41, 5.74) is 2.30. The van der Waals surface area contributed by atoms with Gasteiger partial charge < -0.3 is 5.11 Å². The lowest BCUT2D eigenvalue weighted by molar-refractivity contribution is -0.136. The Balaban J connectivity index is 2.15. The van der Waals surface area contributed by atoms with E-state index in [9.17, 15) is 9.90 Å². The van der Waals surface area contributed by atoms with E-state index in [-0.39, 0.29) is 5.78 Å². The summed E-state index contributed by atoms with van der Waals surface area (Å²) in [6, 6.07) is 6.13. The standard InChI is InChI=1S/C15H20O2/c1-11-5-6-12(2)13(9-11)10-14(16)15(17)7-3-4-8-15/h5-6,9,17H,3-4,7-8,10H2,1-2H3.